The Morgan fingerprint density at radius 2 is 1.50 bits per heavy atom. The number of benzene rings is 2. The summed E-state index contributed by atoms with van der Waals surface area (Å²) in [5.74, 6) is 0.910. The first-order chi connectivity index (χ1) is 9.88. The van der Waals surface area contributed by atoms with Crippen molar-refractivity contribution < 1.29 is 9.84 Å². The van der Waals surface area contributed by atoms with Crippen LogP contribution in [0.5, 0.6) is 5.75 Å². The molecule has 0 amide bonds. The molecule has 20 heavy (non-hydrogen) atoms. The van der Waals surface area contributed by atoms with Gasteiger partial charge in [-0.25, -0.2) is 0 Å². The minimum Gasteiger partial charge on any atom is -0.489 e. The molecule has 0 aliphatic rings. The van der Waals surface area contributed by atoms with Crippen molar-refractivity contribution >= 4 is 0 Å². The predicted octanol–water partition coefficient (Wildman–Crippen LogP) is 3.97. The minimum atomic E-state index is 0.298. The number of aliphatic hydroxyl groups is 1. The highest BCUT2D eigenvalue weighted by Crippen LogP contribution is 2.15. The van der Waals surface area contributed by atoms with Crippen LogP contribution in [-0.4, -0.2) is 11.7 Å². The zero-order valence-corrected chi connectivity index (χ0v) is 11.8. The smallest absolute Gasteiger partial charge is 0.119 e. The van der Waals surface area contributed by atoms with Crippen LogP contribution in [0.2, 0.25) is 0 Å². The van der Waals surface area contributed by atoms with Crippen LogP contribution >= 0.6 is 0 Å². The first-order valence-corrected chi connectivity index (χ1v) is 7.25. The van der Waals surface area contributed by atoms with Crippen molar-refractivity contribution in [2.45, 2.75) is 32.3 Å². The molecule has 0 fully saturated rings. The summed E-state index contributed by atoms with van der Waals surface area (Å²) in [6.07, 6.45) is 4.19. The summed E-state index contributed by atoms with van der Waals surface area (Å²) in [5, 5.41) is 8.74. The van der Waals surface area contributed by atoms with Crippen LogP contribution in [0.15, 0.2) is 54.6 Å². The first-order valence-electron chi connectivity index (χ1n) is 7.25. The van der Waals surface area contributed by atoms with E-state index in [1.54, 1.807) is 0 Å². The molecule has 0 aliphatic carbocycles. The average molecular weight is 270 g/mol. The highest BCUT2D eigenvalue weighted by Gasteiger charge is 1.97. The molecule has 0 spiro atoms. The van der Waals surface area contributed by atoms with Crippen molar-refractivity contribution in [3.8, 4) is 5.75 Å². The lowest BCUT2D eigenvalue weighted by Crippen LogP contribution is -1.95. The first kappa shape index (κ1) is 14.6. The summed E-state index contributed by atoms with van der Waals surface area (Å²) in [4.78, 5) is 0. The van der Waals surface area contributed by atoms with Crippen molar-refractivity contribution in [2.75, 3.05) is 6.61 Å². The Morgan fingerprint density at radius 3 is 2.20 bits per heavy atom. The Bertz CT molecular complexity index is 477. The number of aliphatic hydroxyl groups excluding tert-OH is 1. The Balaban J connectivity index is 1.76. The SMILES string of the molecule is OCCCCCc1ccc(OCc2ccccc2)cc1. The quantitative estimate of drug-likeness (QED) is 0.735. The third kappa shape index (κ3) is 5.06. The molecular weight excluding hydrogens is 248 g/mol. The Hall–Kier alpha value is -1.80. The summed E-state index contributed by atoms with van der Waals surface area (Å²) in [5.41, 5.74) is 2.51. The molecule has 0 saturated heterocycles. The molecule has 106 valence electrons. The van der Waals surface area contributed by atoms with Gasteiger partial charge in [0.2, 0.25) is 0 Å². The lowest BCUT2D eigenvalue weighted by atomic mass is 10.1. The van der Waals surface area contributed by atoms with Gasteiger partial charge in [0, 0.05) is 6.61 Å². The van der Waals surface area contributed by atoms with E-state index in [2.05, 4.69) is 24.3 Å². The molecule has 1 N–H and O–H groups in total. The number of aryl methyl sites for hydroxylation is 1. The van der Waals surface area contributed by atoms with Crippen LogP contribution < -0.4 is 4.74 Å². The van der Waals surface area contributed by atoms with Crippen molar-refractivity contribution in [1.29, 1.82) is 0 Å². The predicted molar refractivity (Wildman–Crippen MR) is 81.9 cm³/mol. The summed E-state index contributed by atoms with van der Waals surface area (Å²) >= 11 is 0. The van der Waals surface area contributed by atoms with Crippen LogP contribution in [0, 0.1) is 0 Å². The maximum absolute atomic E-state index is 8.74. The van der Waals surface area contributed by atoms with Crippen molar-refractivity contribution in [1.82, 2.24) is 0 Å². The van der Waals surface area contributed by atoms with E-state index in [0.717, 1.165) is 31.4 Å². The second kappa shape index (κ2) is 8.39. The van der Waals surface area contributed by atoms with Gasteiger partial charge in [-0.05, 0) is 42.5 Å². The summed E-state index contributed by atoms with van der Waals surface area (Å²) < 4.78 is 5.76. The average Bonchev–Trinajstić information content (AvgIpc) is 2.52. The van der Waals surface area contributed by atoms with Crippen LogP contribution in [0.1, 0.15) is 30.4 Å². The number of hydrogen-bond donors (Lipinski definition) is 1. The normalized spacial score (nSPS) is 10.4. The maximum atomic E-state index is 8.74. The highest BCUT2D eigenvalue weighted by atomic mass is 16.5. The van der Waals surface area contributed by atoms with Gasteiger partial charge in [-0.2, -0.15) is 0 Å². The summed E-state index contributed by atoms with van der Waals surface area (Å²) in [7, 11) is 0. The van der Waals surface area contributed by atoms with Crippen molar-refractivity contribution in [3.05, 3.63) is 65.7 Å². The molecule has 0 bridgehead atoms. The van der Waals surface area contributed by atoms with Gasteiger partial charge in [-0.1, -0.05) is 48.9 Å². The van der Waals surface area contributed by atoms with Crippen LogP contribution in [0.25, 0.3) is 0 Å². The molecule has 2 rings (SSSR count). The maximum Gasteiger partial charge on any atom is 0.119 e. The number of rotatable bonds is 8. The molecule has 0 aliphatic heterocycles. The molecule has 2 heteroatoms. The lowest BCUT2D eigenvalue weighted by molar-refractivity contribution is 0.283. The fraction of sp³-hybridized carbons (Fsp3) is 0.333. The van der Waals surface area contributed by atoms with Crippen molar-refractivity contribution in [2.24, 2.45) is 0 Å². The molecule has 2 nitrogen and oxygen atoms in total. The van der Waals surface area contributed by atoms with Crippen LogP contribution in [0.4, 0.5) is 0 Å². The lowest BCUT2D eigenvalue weighted by Gasteiger charge is -2.07. The third-order valence-electron chi connectivity index (χ3n) is 3.30. The minimum absolute atomic E-state index is 0.298. The molecule has 0 radical (unpaired) electrons. The Kier molecular flexibility index (Phi) is 6.12. The van der Waals surface area contributed by atoms with Gasteiger partial charge in [0.15, 0.2) is 0 Å². The zero-order valence-electron chi connectivity index (χ0n) is 11.8. The molecular formula is C18H22O2. The largest absolute Gasteiger partial charge is 0.489 e. The molecule has 0 heterocycles. The van der Waals surface area contributed by atoms with E-state index in [1.807, 2.05) is 30.3 Å². The van der Waals surface area contributed by atoms with E-state index in [4.69, 9.17) is 9.84 Å². The number of unbranched alkanes of at least 4 members (excludes halogenated alkanes) is 2. The van der Waals surface area contributed by atoms with Gasteiger partial charge in [-0.15, -0.1) is 0 Å². The molecule has 0 unspecified atom stereocenters. The van der Waals surface area contributed by atoms with E-state index in [1.165, 1.54) is 11.1 Å². The van der Waals surface area contributed by atoms with E-state index in [9.17, 15) is 0 Å². The fourth-order valence-corrected chi connectivity index (χ4v) is 2.11. The molecule has 2 aromatic rings. The molecule has 0 aromatic heterocycles. The van der Waals surface area contributed by atoms with Gasteiger partial charge < -0.3 is 9.84 Å². The van der Waals surface area contributed by atoms with Crippen molar-refractivity contribution in [3.63, 3.8) is 0 Å². The molecule has 0 atom stereocenters. The topological polar surface area (TPSA) is 29.5 Å². The molecule has 0 saturated carbocycles. The summed E-state index contributed by atoms with van der Waals surface area (Å²) in [6.45, 7) is 0.906. The fourth-order valence-electron chi connectivity index (χ4n) is 2.11. The van der Waals surface area contributed by atoms with E-state index >= 15 is 0 Å². The van der Waals surface area contributed by atoms with E-state index in [-0.39, 0.29) is 0 Å². The third-order valence-corrected chi connectivity index (χ3v) is 3.30. The standard InChI is InChI=1S/C18H22O2/c19-14-6-2-5-7-16-10-12-18(13-11-16)20-15-17-8-3-1-4-9-17/h1,3-4,8-13,19H,2,5-7,14-15H2. The zero-order chi connectivity index (χ0) is 14.0. The Labute approximate surface area is 121 Å². The van der Waals surface area contributed by atoms with Gasteiger partial charge in [0.05, 0.1) is 0 Å². The van der Waals surface area contributed by atoms with E-state index in [0.29, 0.717) is 13.2 Å². The number of hydrogen-bond acceptors (Lipinski definition) is 2. The van der Waals surface area contributed by atoms with Gasteiger partial charge in [0.1, 0.15) is 12.4 Å². The highest BCUT2D eigenvalue weighted by molar-refractivity contribution is 5.27. The van der Waals surface area contributed by atoms with Gasteiger partial charge >= 0.3 is 0 Å². The van der Waals surface area contributed by atoms with Crippen LogP contribution in [0.3, 0.4) is 0 Å². The second-order valence-corrected chi connectivity index (χ2v) is 4.95. The van der Waals surface area contributed by atoms with E-state index < -0.39 is 0 Å². The second-order valence-electron chi connectivity index (χ2n) is 4.95. The number of ether oxygens (including phenoxy) is 1. The Morgan fingerprint density at radius 1 is 0.750 bits per heavy atom. The van der Waals surface area contributed by atoms with Gasteiger partial charge in [-0.3, -0.25) is 0 Å². The van der Waals surface area contributed by atoms with Crippen LogP contribution in [-0.2, 0) is 13.0 Å². The monoisotopic (exact) mass is 270 g/mol. The van der Waals surface area contributed by atoms with Gasteiger partial charge in [0.25, 0.3) is 0 Å². The summed E-state index contributed by atoms with van der Waals surface area (Å²) in [6, 6.07) is 18.5. The molecule has 2 aromatic carbocycles.